The van der Waals surface area contributed by atoms with Gasteiger partial charge in [0.15, 0.2) is 0 Å². The van der Waals surface area contributed by atoms with Gasteiger partial charge in [0.1, 0.15) is 5.66 Å². The first kappa shape index (κ1) is 20.9. The van der Waals surface area contributed by atoms with Gasteiger partial charge in [0, 0.05) is 12.1 Å². The molecule has 0 aliphatic carbocycles. The first-order valence-corrected chi connectivity index (χ1v) is 11.1. The summed E-state index contributed by atoms with van der Waals surface area (Å²) in [6.07, 6.45) is 5.58. The Morgan fingerprint density at radius 2 is 1.81 bits per heavy atom. The fourth-order valence-electron chi connectivity index (χ4n) is 3.15. The summed E-state index contributed by atoms with van der Waals surface area (Å²) in [4.78, 5) is 14.9. The van der Waals surface area contributed by atoms with Crippen LogP contribution in [0.2, 0.25) is 0 Å². The zero-order valence-corrected chi connectivity index (χ0v) is 16.9. The summed E-state index contributed by atoms with van der Waals surface area (Å²) in [5.74, 6) is -0.165. The van der Waals surface area contributed by atoms with Crippen LogP contribution >= 0.6 is 7.60 Å². The molecule has 1 aliphatic rings. The number of amides is 1. The Kier molecular flexibility index (Phi) is 8.08. The molecule has 1 atom stereocenters. The van der Waals surface area contributed by atoms with Crippen molar-refractivity contribution >= 4 is 13.5 Å². The second-order valence-corrected chi connectivity index (χ2v) is 8.56. The summed E-state index contributed by atoms with van der Waals surface area (Å²) in [5, 5.41) is 0. The maximum Gasteiger partial charge on any atom is 0.343 e. The van der Waals surface area contributed by atoms with Crippen LogP contribution in [0.3, 0.4) is 0 Å². The van der Waals surface area contributed by atoms with Crippen LogP contribution in [0.1, 0.15) is 52.0 Å². The molecule has 6 heteroatoms. The summed E-state index contributed by atoms with van der Waals surface area (Å²) in [6.45, 7) is 6.67. The molecule has 5 nitrogen and oxygen atoms in total. The van der Waals surface area contributed by atoms with Crippen LogP contribution in [0.4, 0.5) is 0 Å². The predicted molar refractivity (Wildman–Crippen MR) is 104 cm³/mol. The van der Waals surface area contributed by atoms with Gasteiger partial charge in [-0.15, -0.1) is 0 Å². The predicted octanol–water partition coefficient (Wildman–Crippen LogP) is 5.13. The summed E-state index contributed by atoms with van der Waals surface area (Å²) >= 11 is 0. The molecule has 2 rings (SSSR count). The molecule has 0 spiro atoms. The van der Waals surface area contributed by atoms with Crippen molar-refractivity contribution < 1.29 is 18.4 Å². The molecule has 1 aromatic rings. The van der Waals surface area contributed by atoms with Crippen LogP contribution in [0, 0.1) is 0 Å². The second-order valence-electron chi connectivity index (χ2n) is 6.34. The van der Waals surface area contributed by atoms with E-state index in [2.05, 4.69) is 13.0 Å². The highest BCUT2D eigenvalue weighted by Gasteiger charge is 2.48. The van der Waals surface area contributed by atoms with Crippen LogP contribution in [0.5, 0.6) is 0 Å². The zero-order chi connectivity index (χ0) is 19.0. The molecule has 0 aromatic heterocycles. The summed E-state index contributed by atoms with van der Waals surface area (Å²) in [7, 11) is -3.47. The Hall–Kier alpha value is -1.42. The number of hydrogen-bond acceptors (Lipinski definition) is 4. The van der Waals surface area contributed by atoms with Gasteiger partial charge in [0.05, 0.1) is 19.8 Å². The van der Waals surface area contributed by atoms with Crippen molar-refractivity contribution in [3.63, 3.8) is 0 Å². The molecular formula is C20H30NO4P. The lowest BCUT2D eigenvalue weighted by Gasteiger charge is -2.22. The van der Waals surface area contributed by atoms with Crippen molar-refractivity contribution in [3.8, 4) is 0 Å². The number of hydrogen-bond donors (Lipinski definition) is 0. The van der Waals surface area contributed by atoms with E-state index in [1.54, 1.807) is 18.7 Å². The van der Waals surface area contributed by atoms with E-state index in [1.165, 1.54) is 0 Å². The molecule has 0 radical (unpaired) electrons. The van der Waals surface area contributed by atoms with Gasteiger partial charge in [0.25, 0.3) is 0 Å². The van der Waals surface area contributed by atoms with E-state index in [-0.39, 0.29) is 19.1 Å². The molecular weight excluding hydrogens is 349 g/mol. The minimum atomic E-state index is -3.47. The largest absolute Gasteiger partial charge is 0.343 e. The van der Waals surface area contributed by atoms with E-state index >= 15 is 0 Å². The number of likely N-dealkylation sites (tertiary alicyclic amines) is 1. The number of carbonyl (C=O) groups is 1. The topological polar surface area (TPSA) is 55.8 Å². The third kappa shape index (κ3) is 5.06. The van der Waals surface area contributed by atoms with Crippen LogP contribution in [-0.2, 0) is 25.0 Å². The number of nitrogens with zero attached hydrogens (tertiary/aromatic N) is 1. The molecule has 144 valence electrons. The Bertz CT molecular complexity index is 649. The first-order chi connectivity index (χ1) is 12.6. The van der Waals surface area contributed by atoms with E-state index in [1.807, 2.05) is 30.3 Å². The number of carbonyl (C=O) groups excluding carboxylic acids is 1. The highest BCUT2D eigenvalue weighted by Crippen LogP contribution is 2.58. The van der Waals surface area contributed by atoms with Crippen molar-refractivity contribution in [2.75, 3.05) is 13.2 Å². The average molecular weight is 379 g/mol. The maximum absolute atomic E-state index is 13.2. The van der Waals surface area contributed by atoms with E-state index < -0.39 is 13.3 Å². The fourth-order valence-corrected chi connectivity index (χ4v) is 5.13. The molecule has 1 unspecified atom stereocenters. The Labute approximate surface area is 156 Å². The number of benzene rings is 1. The monoisotopic (exact) mass is 379 g/mol. The number of unbranched alkanes of at least 4 members (excludes halogenated alkanes) is 2. The van der Waals surface area contributed by atoms with Gasteiger partial charge in [-0.3, -0.25) is 9.36 Å². The summed E-state index contributed by atoms with van der Waals surface area (Å²) in [5.41, 5.74) is 1.22. The van der Waals surface area contributed by atoms with Gasteiger partial charge in [-0.25, -0.2) is 0 Å². The SMILES string of the molecule is CCCC/C=C1\CC(P(=O)(OCC)OCC)C(=O)N1Cc1ccccc1. The highest BCUT2D eigenvalue weighted by molar-refractivity contribution is 7.55. The molecule has 1 aromatic carbocycles. The van der Waals surface area contributed by atoms with Crippen LogP contribution in [-0.4, -0.2) is 29.7 Å². The van der Waals surface area contributed by atoms with Gasteiger partial charge in [-0.2, -0.15) is 0 Å². The molecule has 0 N–H and O–H groups in total. The molecule has 1 saturated heterocycles. The third-order valence-electron chi connectivity index (χ3n) is 4.42. The minimum absolute atomic E-state index is 0.165. The Balaban J connectivity index is 2.29. The lowest BCUT2D eigenvalue weighted by molar-refractivity contribution is -0.127. The number of allylic oxidation sites excluding steroid dienone is 2. The summed E-state index contributed by atoms with van der Waals surface area (Å²) in [6, 6.07) is 9.86. The molecule has 1 amide bonds. The lowest BCUT2D eigenvalue weighted by Crippen LogP contribution is -2.29. The van der Waals surface area contributed by atoms with Gasteiger partial charge in [-0.1, -0.05) is 56.2 Å². The minimum Gasteiger partial charge on any atom is -0.311 e. The number of rotatable bonds is 10. The van der Waals surface area contributed by atoms with Crippen molar-refractivity contribution in [3.05, 3.63) is 47.7 Å². The quantitative estimate of drug-likeness (QED) is 0.418. The highest BCUT2D eigenvalue weighted by atomic mass is 31.2. The normalized spacial score (nSPS) is 19.5. The van der Waals surface area contributed by atoms with E-state index in [4.69, 9.17) is 9.05 Å². The zero-order valence-electron chi connectivity index (χ0n) is 16.0. The molecule has 0 saturated carbocycles. The average Bonchev–Trinajstić information content (AvgIpc) is 2.94. The maximum atomic E-state index is 13.2. The van der Waals surface area contributed by atoms with Gasteiger partial charge in [0.2, 0.25) is 5.91 Å². The smallest absolute Gasteiger partial charge is 0.311 e. The van der Waals surface area contributed by atoms with Crippen LogP contribution in [0.15, 0.2) is 42.1 Å². The molecule has 1 heterocycles. The van der Waals surface area contributed by atoms with Gasteiger partial charge < -0.3 is 13.9 Å². The lowest BCUT2D eigenvalue weighted by atomic mass is 10.2. The molecule has 0 bridgehead atoms. The van der Waals surface area contributed by atoms with Crippen LogP contribution < -0.4 is 0 Å². The van der Waals surface area contributed by atoms with Gasteiger partial charge in [-0.05, 0) is 25.8 Å². The van der Waals surface area contributed by atoms with E-state index in [0.29, 0.717) is 13.0 Å². The molecule has 1 aliphatic heterocycles. The standard InChI is InChI=1S/C20H30NO4P/c1-4-7-9-14-18-15-19(26(23,24-5-2)25-6-3)20(22)21(18)16-17-12-10-8-11-13-17/h8,10-14,19H,4-7,9,15-16H2,1-3H3/b18-14+. The van der Waals surface area contributed by atoms with Crippen molar-refractivity contribution in [2.45, 2.75) is 58.7 Å². The van der Waals surface area contributed by atoms with Crippen LogP contribution in [0.25, 0.3) is 0 Å². The summed E-state index contributed by atoms with van der Waals surface area (Å²) < 4.78 is 24.1. The molecule has 1 fully saturated rings. The van der Waals surface area contributed by atoms with Crippen molar-refractivity contribution in [2.24, 2.45) is 0 Å². The fraction of sp³-hybridized carbons (Fsp3) is 0.550. The van der Waals surface area contributed by atoms with E-state index in [0.717, 1.165) is 30.5 Å². The molecule has 26 heavy (non-hydrogen) atoms. The van der Waals surface area contributed by atoms with Gasteiger partial charge >= 0.3 is 7.60 Å². The van der Waals surface area contributed by atoms with E-state index in [9.17, 15) is 9.36 Å². The second kappa shape index (κ2) is 10.1. The Morgan fingerprint density at radius 1 is 1.15 bits per heavy atom. The Morgan fingerprint density at radius 3 is 2.38 bits per heavy atom. The third-order valence-corrected chi connectivity index (χ3v) is 6.82. The van der Waals surface area contributed by atoms with Crippen molar-refractivity contribution in [1.29, 1.82) is 0 Å². The first-order valence-electron chi connectivity index (χ1n) is 9.48. The van der Waals surface area contributed by atoms with Crippen molar-refractivity contribution in [1.82, 2.24) is 4.90 Å².